The molecule has 4 nitrogen and oxygen atoms in total. The molecule has 0 amide bonds. The van der Waals surface area contributed by atoms with E-state index < -0.39 is 11.8 Å². The van der Waals surface area contributed by atoms with Crippen molar-refractivity contribution in [3.05, 3.63) is 53.6 Å². The molecule has 0 saturated heterocycles. The van der Waals surface area contributed by atoms with E-state index in [4.69, 9.17) is 0 Å². The SMILES string of the molecule is COC(=O)c1ccc(CSc2ncccn2)cc1F. The fourth-order valence-electron chi connectivity index (χ4n) is 1.43. The highest BCUT2D eigenvalue weighted by atomic mass is 32.2. The van der Waals surface area contributed by atoms with E-state index in [-0.39, 0.29) is 5.56 Å². The lowest BCUT2D eigenvalue weighted by molar-refractivity contribution is 0.0595. The number of thioether (sulfide) groups is 1. The Morgan fingerprint density at radius 2 is 2.11 bits per heavy atom. The Labute approximate surface area is 114 Å². The first-order valence-electron chi connectivity index (χ1n) is 5.47. The maximum absolute atomic E-state index is 13.7. The Morgan fingerprint density at radius 3 is 2.74 bits per heavy atom. The summed E-state index contributed by atoms with van der Waals surface area (Å²) < 4.78 is 18.2. The molecular formula is C13H11FN2O2S. The van der Waals surface area contributed by atoms with Gasteiger partial charge in [-0.05, 0) is 23.8 Å². The summed E-state index contributed by atoms with van der Waals surface area (Å²) in [6, 6.07) is 6.16. The van der Waals surface area contributed by atoms with Gasteiger partial charge in [0.25, 0.3) is 0 Å². The van der Waals surface area contributed by atoms with Gasteiger partial charge < -0.3 is 4.74 Å². The van der Waals surface area contributed by atoms with Gasteiger partial charge in [0.15, 0.2) is 5.16 Å². The van der Waals surface area contributed by atoms with Crippen molar-refractivity contribution in [1.29, 1.82) is 0 Å². The fraction of sp³-hybridized carbons (Fsp3) is 0.154. The summed E-state index contributed by atoms with van der Waals surface area (Å²) in [7, 11) is 1.22. The zero-order valence-corrected chi connectivity index (χ0v) is 11.0. The van der Waals surface area contributed by atoms with Crippen molar-refractivity contribution in [2.75, 3.05) is 7.11 Å². The van der Waals surface area contributed by atoms with Gasteiger partial charge >= 0.3 is 5.97 Å². The zero-order valence-electron chi connectivity index (χ0n) is 10.2. The minimum atomic E-state index is -0.678. The number of benzene rings is 1. The quantitative estimate of drug-likeness (QED) is 0.489. The summed E-state index contributed by atoms with van der Waals surface area (Å²) in [6.45, 7) is 0. The molecule has 1 aromatic heterocycles. The number of aromatic nitrogens is 2. The lowest BCUT2D eigenvalue weighted by Crippen LogP contribution is -2.04. The predicted molar refractivity (Wildman–Crippen MR) is 69.3 cm³/mol. The number of methoxy groups -OCH3 is 1. The molecule has 98 valence electrons. The molecule has 0 N–H and O–H groups in total. The second-order valence-corrected chi connectivity index (χ2v) is 4.57. The minimum Gasteiger partial charge on any atom is -0.465 e. The van der Waals surface area contributed by atoms with Gasteiger partial charge in [0.05, 0.1) is 12.7 Å². The van der Waals surface area contributed by atoms with Crippen LogP contribution >= 0.6 is 11.8 Å². The molecule has 0 radical (unpaired) electrons. The molecule has 2 aromatic rings. The largest absolute Gasteiger partial charge is 0.465 e. The topological polar surface area (TPSA) is 52.1 Å². The van der Waals surface area contributed by atoms with Crippen LogP contribution in [0.4, 0.5) is 4.39 Å². The smallest absolute Gasteiger partial charge is 0.340 e. The highest BCUT2D eigenvalue weighted by Gasteiger charge is 2.12. The van der Waals surface area contributed by atoms with Crippen molar-refractivity contribution in [1.82, 2.24) is 9.97 Å². The molecule has 1 heterocycles. The number of hydrogen-bond acceptors (Lipinski definition) is 5. The van der Waals surface area contributed by atoms with Crippen LogP contribution in [0.25, 0.3) is 0 Å². The normalized spacial score (nSPS) is 10.2. The van der Waals surface area contributed by atoms with Gasteiger partial charge in [-0.15, -0.1) is 0 Å². The Balaban J connectivity index is 2.06. The Morgan fingerprint density at radius 1 is 1.37 bits per heavy atom. The van der Waals surface area contributed by atoms with E-state index >= 15 is 0 Å². The minimum absolute atomic E-state index is 0.0628. The van der Waals surface area contributed by atoms with Crippen LogP contribution in [0, 0.1) is 5.82 Å². The van der Waals surface area contributed by atoms with Gasteiger partial charge in [-0.2, -0.15) is 0 Å². The second-order valence-electron chi connectivity index (χ2n) is 3.63. The predicted octanol–water partition coefficient (Wildman–Crippen LogP) is 2.69. The molecule has 0 atom stereocenters. The number of rotatable bonds is 4. The Hall–Kier alpha value is -1.95. The third-order valence-corrected chi connectivity index (χ3v) is 3.30. The van der Waals surface area contributed by atoms with Crippen LogP contribution in [-0.2, 0) is 10.5 Å². The highest BCUT2D eigenvalue weighted by Crippen LogP contribution is 2.20. The number of halogens is 1. The fourth-order valence-corrected chi connectivity index (χ4v) is 2.18. The maximum Gasteiger partial charge on any atom is 0.340 e. The Kier molecular flexibility index (Phi) is 4.46. The van der Waals surface area contributed by atoms with Crippen LogP contribution in [-0.4, -0.2) is 23.0 Å². The number of esters is 1. The van der Waals surface area contributed by atoms with Crippen molar-refractivity contribution in [3.63, 3.8) is 0 Å². The van der Waals surface area contributed by atoms with Crippen molar-refractivity contribution in [2.45, 2.75) is 10.9 Å². The number of carbonyl (C=O) groups excluding carboxylic acids is 1. The van der Waals surface area contributed by atoms with Gasteiger partial charge in [0.1, 0.15) is 5.82 Å². The highest BCUT2D eigenvalue weighted by molar-refractivity contribution is 7.98. The van der Waals surface area contributed by atoms with Crippen LogP contribution in [0.1, 0.15) is 15.9 Å². The summed E-state index contributed by atoms with van der Waals surface area (Å²) in [4.78, 5) is 19.4. The molecule has 6 heteroatoms. The van der Waals surface area contributed by atoms with Crippen LogP contribution < -0.4 is 0 Å². The number of carbonyl (C=O) groups is 1. The molecule has 0 aliphatic heterocycles. The molecule has 1 aromatic carbocycles. The standard InChI is InChI=1S/C13H11FN2O2S/c1-18-12(17)10-4-3-9(7-11(10)14)8-19-13-15-5-2-6-16-13/h2-7H,8H2,1H3. The molecule has 0 spiro atoms. The van der Waals surface area contributed by atoms with E-state index in [0.29, 0.717) is 10.9 Å². The van der Waals surface area contributed by atoms with Crippen LogP contribution in [0.3, 0.4) is 0 Å². The van der Waals surface area contributed by atoms with Gasteiger partial charge in [-0.3, -0.25) is 0 Å². The molecule has 19 heavy (non-hydrogen) atoms. The van der Waals surface area contributed by atoms with Crippen LogP contribution in [0.15, 0.2) is 41.8 Å². The summed E-state index contributed by atoms with van der Waals surface area (Å²) in [5.41, 5.74) is 0.690. The van der Waals surface area contributed by atoms with Crippen molar-refractivity contribution >= 4 is 17.7 Å². The first kappa shape index (κ1) is 13.5. The summed E-state index contributed by atoms with van der Waals surface area (Å²) >= 11 is 1.40. The molecule has 0 unspecified atom stereocenters. The number of hydrogen-bond donors (Lipinski definition) is 0. The second kappa shape index (κ2) is 6.29. The van der Waals surface area contributed by atoms with Gasteiger partial charge in [-0.1, -0.05) is 17.8 Å². The zero-order chi connectivity index (χ0) is 13.7. The molecule has 0 fully saturated rings. The summed E-state index contributed by atoms with van der Waals surface area (Å²) in [5.74, 6) is -0.732. The third-order valence-electron chi connectivity index (χ3n) is 2.35. The molecule has 0 aliphatic carbocycles. The summed E-state index contributed by atoms with van der Waals surface area (Å²) in [6.07, 6.45) is 3.30. The lowest BCUT2D eigenvalue weighted by atomic mass is 10.1. The van der Waals surface area contributed by atoms with E-state index in [9.17, 15) is 9.18 Å². The Bertz CT molecular complexity index is 578. The molecular weight excluding hydrogens is 267 g/mol. The van der Waals surface area contributed by atoms with E-state index in [0.717, 1.165) is 5.56 Å². The first-order chi connectivity index (χ1) is 9.20. The van der Waals surface area contributed by atoms with Crippen LogP contribution in [0.5, 0.6) is 0 Å². The van der Waals surface area contributed by atoms with E-state index in [2.05, 4.69) is 14.7 Å². The van der Waals surface area contributed by atoms with Gasteiger partial charge in [0.2, 0.25) is 0 Å². The summed E-state index contributed by atoms with van der Waals surface area (Å²) in [5, 5.41) is 0.625. The average molecular weight is 278 g/mol. The number of ether oxygens (including phenoxy) is 1. The van der Waals surface area contributed by atoms with E-state index in [1.54, 1.807) is 24.5 Å². The van der Waals surface area contributed by atoms with Crippen LogP contribution in [0.2, 0.25) is 0 Å². The van der Waals surface area contributed by atoms with E-state index in [1.165, 1.54) is 31.0 Å². The van der Waals surface area contributed by atoms with Crippen molar-refractivity contribution < 1.29 is 13.9 Å². The number of nitrogens with zero attached hydrogens (tertiary/aromatic N) is 2. The molecule has 2 rings (SSSR count). The van der Waals surface area contributed by atoms with Crippen molar-refractivity contribution in [3.8, 4) is 0 Å². The van der Waals surface area contributed by atoms with Gasteiger partial charge in [-0.25, -0.2) is 19.2 Å². The lowest BCUT2D eigenvalue weighted by Gasteiger charge is -2.04. The van der Waals surface area contributed by atoms with Crippen molar-refractivity contribution in [2.24, 2.45) is 0 Å². The van der Waals surface area contributed by atoms with Gasteiger partial charge in [0, 0.05) is 18.1 Å². The maximum atomic E-state index is 13.7. The molecule has 0 bridgehead atoms. The first-order valence-corrected chi connectivity index (χ1v) is 6.46. The monoisotopic (exact) mass is 278 g/mol. The molecule has 0 aliphatic rings. The average Bonchev–Trinajstić information content (AvgIpc) is 2.45. The third kappa shape index (κ3) is 3.51. The van der Waals surface area contributed by atoms with E-state index in [1.807, 2.05) is 0 Å². The molecule has 0 saturated carbocycles.